The lowest BCUT2D eigenvalue weighted by Crippen LogP contribution is -2.48. The first-order valence-corrected chi connectivity index (χ1v) is 11.9. The van der Waals surface area contributed by atoms with Crippen LogP contribution in [0.4, 0.5) is 11.5 Å². The maximum absolute atomic E-state index is 13.4. The molecule has 1 aliphatic carbocycles. The minimum atomic E-state index is -1.02. The summed E-state index contributed by atoms with van der Waals surface area (Å²) >= 11 is 0. The summed E-state index contributed by atoms with van der Waals surface area (Å²) in [5, 5.41) is 22.7. The van der Waals surface area contributed by atoms with Crippen LogP contribution in [0.15, 0.2) is 41.3 Å². The molecule has 0 amide bonds. The van der Waals surface area contributed by atoms with Crippen LogP contribution < -0.4 is 15.8 Å². The second kappa shape index (κ2) is 9.04. The number of hydrogen-bond donors (Lipinski definition) is 2. The SMILES string of the molecule is Cc1cc(C(C)Nc2ccccc2C(=O)O)c2nc(N3CCN(C4CC4)CC3)c(C#N)c(=O)n2c1. The number of hydrogen-bond acceptors (Lipinski definition) is 7. The highest BCUT2D eigenvalue weighted by Gasteiger charge is 2.32. The molecule has 2 aliphatic rings. The molecule has 2 N–H and O–H groups in total. The lowest BCUT2D eigenvalue weighted by molar-refractivity contribution is 0.0698. The second-order valence-corrected chi connectivity index (χ2v) is 9.36. The second-order valence-electron chi connectivity index (χ2n) is 9.36. The van der Waals surface area contributed by atoms with Crippen molar-refractivity contribution in [3.05, 3.63) is 69.1 Å². The third-order valence-corrected chi connectivity index (χ3v) is 6.86. The number of piperazine rings is 1. The van der Waals surface area contributed by atoms with Crippen LogP contribution in [0.25, 0.3) is 5.65 Å². The fourth-order valence-corrected chi connectivity index (χ4v) is 4.89. The number of aromatic carboxylic acids is 1. The summed E-state index contributed by atoms with van der Waals surface area (Å²) in [4.78, 5) is 34.5. The molecule has 1 saturated carbocycles. The van der Waals surface area contributed by atoms with Crippen LogP contribution in [0.2, 0.25) is 0 Å². The van der Waals surface area contributed by atoms with E-state index in [-0.39, 0.29) is 22.7 Å². The molecule has 35 heavy (non-hydrogen) atoms. The highest BCUT2D eigenvalue weighted by atomic mass is 16.4. The topological polar surface area (TPSA) is 114 Å². The number of carboxylic acids is 1. The summed E-state index contributed by atoms with van der Waals surface area (Å²) in [5.74, 6) is -0.591. The Balaban J connectivity index is 1.56. The zero-order chi connectivity index (χ0) is 24.7. The van der Waals surface area contributed by atoms with E-state index in [1.54, 1.807) is 30.5 Å². The number of nitrogens with one attached hydrogen (secondary N) is 1. The van der Waals surface area contributed by atoms with Crippen molar-refractivity contribution in [2.24, 2.45) is 0 Å². The van der Waals surface area contributed by atoms with Crippen LogP contribution in [-0.4, -0.2) is 57.6 Å². The molecular formula is C26H28N6O3. The third kappa shape index (κ3) is 4.33. The Kier molecular flexibility index (Phi) is 5.91. The molecule has 1 aromatic carbocycles. The zero-order valence-electron chi connectivity index (χ0n) is 19.9. The number of nitriles is 1. The third-order valence-electron chi connectivity index (χ3n) is 6.86. The molecule has 0 radical (unpaired) electrons. The van der Waals surface area contributed by atoms with E-state index in [9.17, 15) is 20.0 Å². The Bertz CT molecular complexity index is 1400. The van der Waals surface area contributed by atoms with Gasteiger partial charge in [-0.3, -0.25) is 14.1 Å². The van der Waals surface area contributed by atoms with Crippen LogP contribution in [0.3, 0.4) is 0 Å². The van der Waals surface area contributed by atoms with Crippen LogP contribution >= 0.6 is 0 Å². The molecule has 5 rings (SSSR count). The molecule has 3 heterocycles. The van der Waals surface area contributed by atoms with Gasteiger partial charge in [-0.1, -0.05) is 12.1 Å². The van der Waals surface area contributed by atoms with E-state index in [0.29, 0.717) is 23.2 Å². The van der Waals surface area contributed by atoms with Crippen molar-refractivity contribution in [2.45, 2.75) is 38.8 Å². The predicted octanol–water partition coefficient (Wildman–Crippen LogP) is 3.03. The van der Waals surface area contributed by atoms with Gasteiger partial charge in [0, 0.05) is 49.7 Å². The number of pyridine rings is 1. The number of nitrogens with zero attached hydrogens (tertiary/aromatic N) is 5. The molecule has 1 saturated heterocycles. The van der Waals surface area contributed by atoms with Gasteiger partial charge in [0.25, 0.3) is 5.56 Å². The molecule has 2 aromatic heterocycles. The van der Waals surface area contributed by atoms with Crippen LogP contribution in [-0.2, 0) is 0 Å². The Labute approximate surface area is 203 Å². The minimum absolute atomic E-state index is 0.0516. The summed E-state index contributed by atoms with van der Waals surface area (Å²) in [6, 6.07) is 11.1. The summed E-state index contributed by atoms with van der Waals surface area (Å²) in [7, 11) is 0. The van der Waals surface area contributed by atoms with E-state index >= 15 is 0 Å². The van der Waals surface area contributed by atoms with Gasteiger partial charge in [0.2, 0.25) is 0 Å². The van der Waals surface area contributed by atoms with Gasteiger partial charge < -0.3 is 15.3 Å². The monoisotopic (exact) mass is 472 g/mol. The van der Waals surface area contributed by atoms with Crippen LogP contribution in [0, 0.1) is 18.3 Å². The largest absolute Gasteiger partial charge is 0.478 e. The van der Waals surface area contributed by atoms with Crippen molar-refractivity contribution < 1.29 is 9.90 Å². The van der Waals surface area contributed by atoms with Crippen molar-refractivity contribution in [3.8, 4) is 6.07 Å². The molecule has 3 aromatic rings. The summed E-state index contributed by atoms with van der Waals surface area (Å²) in [6.45, 7) is 7.00. The molecule has 1 atom stereocenters. The highest BCUT2D eigenvalue weighted by Crippen LogP contribution is 2.30. The Morgan fingerprint density at radius 3 is 2.60 bits per heavy atom. The summed E-state index contributed by atoms with van der Waals surface area (Å²) in [6.07, 6.45) is 4.19. The van der Waals surface area contributed by atoms with Crippen molar-refractivity contribution in [1.29, 1.82) is 5.26 Å². The van der Waals surface area contributed by atoms with Gasteiger partial charge in [-0.25, -0.2) is 9.78 Å². The number of carbonyl (C=O) groups is 1. The average Bonchev–Trinajstić information content (AvgIpc) is 3.70. The van der Waals surface area contributed by atoms with Crippen molar-refractivity contribution in [1.82, 2.24) is 14.3 Å². The van der Waals surface area contributed by atoms with Gasteiger partial charge in [-0.15, -0.1) is 0 Å². The lowest BCUT2D eigenvalue weighted by atomic mass is 10.1. The quantitative estimate of drug-likeness (QED) is 0.563. The summed E-state index contributed by atoms with van der Waals surface area (Å²) in [5.41, 5.74) is 2.38. The number of aromatic nitrogens is 2. The number of anilines is 2. The fraction of sp³-hybridized carbons (Fsp3) is 0.385. The molecule has 1 aliphatic heterocycles. The van der Waals surface area contributed by atoms with E-state index in [2.05, 4.69) is 16.3 Å². The lowest BCUT2D eigenvalue weighted by Gasteiger charge is -2.35. The van der Waals surface area contributed by atoms with Gasteiger partial charge in [-0.05, 0) is 50.5 Å². The Morgan fingerprint density at radius 2 is 1.94 bits per heavy atom. The van der Waals surface area contributed by atoms with E-state index in [4.69, 9.17) is 4.98 Å². The van der Waals surface area contributed by atoms with E-state index in [0.717, 1.165) is 37.3 Å². The molecule has 0 bridgehead atoms. The fourth-order valence-electron chi connectivity index (χ4n) is 4.89. The number of fused-ring (bicyclic) bond motifs is 1. The molecule has 9 nitrogen and oxygen atoms in total. The van der Waals surface area contributed by atoms with Crippen LogP contribution in [0.5, 0.6) is 0 Å². The number of benzene rings is 1. The number of aryl methyl sites for hydroxylation is 1. The molecule has 1 unspecified atom stereocenters. The molecule has 0 spiro atoms. The average molecular weight is 473 g/mol. The Morgan fingerprint density at radius 1 is 1.23 bits per heavy atom. The standard InChI is InChI=1S/C26H28N6O3/c1-16-13-20(17(2)28-22-6-4-3-5-19(22)26(34)35)24-29-23(21(14-27)25(33)32(24)15-16)31-11-9-30(10-12-31)18-7-8-18/h3-6,13,15,17-18,28H,7-12H2,1-2H3,(H,34,35). The molecule has 180 valence electrons. The van der Waals surface area contributed by atoms with E-state index in [1.807, 2.05) is 24.8 Å². The van der Waals surface area contributed by atoms with Gasteiger partial charge >= 0.3 is 5.97 Å². The summed E-state index contributed by atoms with van der Waals surface area (Å²) < 4.78 is 1.44. The maximum atomic E-state index is 13.4. The first-order valence-electron chi connectivity index (χ1n) is 11.9. The van der Waals surface area contributed by atoms with E-state index < -0.39 is 5.97 Å². The first-order chi connectivity index (χ1) is 16.9. The highest BCUT2D eigenvalue weighted by molar-refractivity contribution is 5.94. The Hall–Kier alpha value is -3.90. The molecule has 9 heteroatoms. The minimum Gasteiger partial charge on any atom is -0.478 e. The first kappa shape index (κ1) is 22.9. The zero-order valence-corrected chi connectivity index (χ0v) is 19.9. The van der Waals surface area contributed by atoms with Crippen molar-refractivity contribution in [3.63, 3.8) is 0 Å². The van der Waals surface area contributed by atoms with Crippen molar-refractivity contribution >= 4 is 23.1 Å². The van der Waals surface area contributed by atoms with Gasteiger partial charge in [-0.2, -0.15) is 5.26 Å². The maximum Gasteiger partial charge on any atom is 0.337 e. The number of carboxylic acid groups (broad SMARTS) is 1. The van der Waals surface area contributed by atoms with Crippen molar-refractivity contribution in [2.75, 3.05) is 36.4 Å². The van der Waals surface area contributed by atoms with Gasteiger partial charge in [0.05, 0.1) is 11.6 Å². The molecular weight excluding hydrogens is 444 g/mol. The van der Waals surface area contributed by atoms with Gasteiger partial charge in [0.15, 0.2) is 11.4 Å². The molecule has 2 fully saturated rings. The van der Waals surface area contributed by atoms with Gasteiger partial charge in [0.1, 0.15) is 11.7 Å². The number of para-hydroxylation sites is 1. The van der Waals surface area contributed by atoms with Crippen LogP contribution in [0.1, 0.15) is 52.9 Å². The normalized spacial score (nSPS) is 17.2. The number of rotatable bonds is 6. The smallest absolute Gasteiger partial charge is 0.337 e. The van der Waals surface area contributed by atoms with E-state index in [1.165, 1.54) is 17.2 Å². The predicted molar refractivity (Wildman–Crippen MR) is 133 cm³/mol.